The number of fused-ring (bicyclic) bond motifs is 1. The molecule has 0 saturated carbocycles. The van der Waals surface area contributed by atoms with E-state index >= 15 is 0 Å². The average Bonchev–Trinajstić information content (AvgIpc) is 2.97. The van der Waals surface area contributed by atoms with Gasteiger partial charge in [0.25, 0.3) is 0 Å². The van der Waals surface area contributed by atoms with Crippen molar-refractivity contribution in [2.45, 2.75) is 13.8 Å². The Labute approximate surface area is 133 Å². The summed E-state index contributed by atoms with van der Waals surface area (Å²) in [6.07, 6.45) is 0. The second kappa shape index (κ2) is 6.15. The summed E-state index contributed by atoms with van der Waals surface area (Å²) in [4.78, 5) is 4.59. The van der Waals surface area contributed by atoms with Crippen LogP contribution in [0.15, 0.2) is 47.6 Å². The van der Waals surface area contributed by atoms with E-state index in [4.69, 9.17) is 4.74 Å². The maximum Gasteiger partial charge on any atom is 0.204 e. The highest BCUT2D eigenvalue weighted by Gasteiger charge is 2.07. The molecule has 0 amide bonds. The lowest BCUT2D eigenvalue weighted by Crippen LogP contribution is -2.02. The van der Waals surface area contributed by atoms with Crippen LogP contribution in [0.25, 0.3) is 10.2 Å². The topological polar surface area (TPSA) is 46.5 Å². The number of benzene rings is 2. The van der Waals surface area contributed by atoms with Crippen molar-refractivity contribution in [2.24, 2.45) is 5.10 Å². The molecule has 0 fully saturated rings. The summed E-state index contributed by atoms with van der Waals surface area (Å²) in [7, 11) is 1.66. The van der Waals surface area contributed by atoms with Crippen LogP contribution < -0.4 is 10.2 Å². The smallest absolute Gasteiger partial charge is 0.204 e. The fraction of sp³-hybridized carbons (Fsp3) is 0.176. The van der Waals surface area contributed by atoms with Crippen LogP contribution in [0.5, 0.6) is 5.75 Å². The van der Waals surface area contributed by atoms with Crippen LogP contribution in [0, 0.1) is 6.92 Å². The maximum absolute atomic E-state index is 5.36. The van der Waals surface area contributed by atoms with Crippen molar-refractivity contribution in [1.29, 1.82) is 0 Å². The fourth-order valence-electron chi connectivity index (χ4n) is 2.27. The van der Waals surface area contributed by atoms with Crippen LogP contribution in [0.2, 0.25) is 0 Å². The molecule has 112 valence electrons. The van der Waals surface area contributed by atoms with Gasteiger partial charge in [-0.1, -0.05) is 35.6 Å². The number of anilines is 1. The van der Waals surface area contributed by atoms with Crippen molar-refractivity contribution in [2.75, 3.05) is 12.5 Å². The predicted octanol–water partition coefficient (Wildman–Crippen LogP) is 4.45. The van der Waals surface area contributed by atoms with Crippen LogP contribution in [0.1, 0.15) is 18.1 Å². The molecule has 4 nitrogen and oxygen atoms in total. The fourth-order valence-corrected chi connectivity index (χ4v) is 3.16. The minimum Gasteiger partial charge on any atom is -0.496 e. The average molecular weight is 311 g/mol. The molecule has 1 heterocycles. The lowest BCUT2D eigenvalue weighted by Gasteiger charge is -2.07. The zero-order valence-electron chi connectivity index (χ0n) is 12.8. The van der Waals surface area contributed by atoms with Gasteiger partial charge in [-0.2, -0.15) is 5.10 Å². The van der Waals surface area contributed by atoms with Gasteiger partial charge in [-0.3, -0.25) is 5.43 Å². The molecule has 0 aliphatic carbocycles. The van der Waals surface area contributed by atoms with Crippen molar-refractivity contribution >= 4 is 32.4 Å². The Morgan fingerprint density at radius 2 is 2.00 bits per heavy atom. The standard InChI is InChI=1S/C17H17N3OS/c1-11-7-6-10-15-16(11)18-17(22-15)20-19-12(2)13-8-4-5-9-14(13)21-3/h4-10H,1-3H3,(H,18,20)/b19-12-. The van der Waals surface area contributed by atoms with Crippen molar-refractivity contribution in [3.8, 4) is 5.75 Å². The summed E-state index contributed by atoms with van der Waals surface area (Å²) in [5.41, 5.74) is 7.07. The van der Waals surface area contributed by atoms with E-state index in [0.717, 1.165) is 32.4 Å². The molecular formula is C17H17N3OS. The number of para-hydroxylation sites is 2. The lowest BCUT2D eigenvalue weighted by molar-refractivity contribution is 0.414. The van der Waals surface area contributed by atoms with Gasteiger partial charge in [0.1, 0.15) is 5.75 Å². The Hall–Kier alpha value is -2.40. The predicted molar refractivity (Wildman–Crippen MR) is 93.2 cm³/mol. The monoisotopic (exact) mass is 311 g/mol. The van der Waals surface area contributed by atoms with Crippen molar-refractivity contribution < 1.29 is 4.74 Å². The van der Waals surface area contributed by atoms with Gasteiger partial charge in [-0.25, -0.2) is 4.98 Å². The molecule has 0 radical (unpaired) electrons. The summed E-state index contributed by atoms with van der Waals surface area (Å²) < 4.78 is 6.52. The number of hydrazone groups is 1. The third-order valence-corrected chi connectivity index (χ3v) is 4.36. The third kappa shape index (κ3) is 2.80. The van der Waals surface area contributed by atoms with Crippen LogP contribution in [0.3, 0.4) is 0 Å². The maximum atomic E-state index is 5.36. The first-order valence-corrected chi connectivity index (χ1v) is 7.80. The van der Waals surface area contributed by atoms with E-state index in [0.29, 0.717) is 0 Å². The van der Waals surface area contributed by atoms with E-state index in [9.17, 15) is 0 Å². The van der Waals surface area contributed by atoms with Gasteiger partial charge in [0.2, 0.25) is 5.13 Å². The van der Waals surface area contributed by atoms with Crippen LogP contribution in [-0.2, 0) is 0 Å². The van der Waals surface area contributed by atoms with Gasteiger partial charge in [0.15, 0.2) is 0 Å². The number of hydrogen-bond acceptors (Lipinski definition) is 5. The van der Waals surface area contributed by atoms with E-state index in [1.54, 1.807) is 18.4 Å². The van der Waals surface area contributed by atoms with Crippen LogP contribution >= 0.6 is 11.3 Å². The molecule has 3 rings (SSSR count). The van der Waals surface area contributed by atoms with Gasteiger partial charge in [-0.15, -0.1) is 0 Å². The Balaban J connectivity index is 1.87. The highest BCUT2D eigenvalue weighted by Crippen LogP contribution is 2.28. The van der Waals surface area contributed by atoms with Gasteiger partial charge < -0.3 is 4.74 Å². The molecule has 1 N–H and O–H groups in total. The molecule has 0 aliphatic heterocycles. The van der Waals surface area contributed by atoms with Gasteiger partial charge >= 0.3 is 0 Å². The molecule has 0 bridgehead atoms. The quantitative estimate of drug-likeness (QED) is 0.572. The lowest BCUT2D eigenvalue weighted by atomic mass is 10.1. The molecule has 3 aromatic rings. The highest BCUT2D eigenvalue weighted by atomic mass is 32.1. The van der Waals surface area contributed by atoms with E-state index in [1.165, 1.54) is 5.56 Å². The number of ether oxygens (including phenoxy) is 1. The van der Waals surface area contributed by atoms with Crippen molar-refractivity contribution in [1.82, 2.24) is 4.98 Å². The second-order valence-corrected chi connectivity index (χ2v) is 5.98. The van der Waals surface area contributed by atoms with Gasteiger partial charge in [0.05, 0.1) is 23.0 Å². The summed E-state index contributed by atoms with van der Waals surface area (Å²) in [5.74, 6) is 0.811. The number of hydrogen-bond donors (Lipinski definition) is 1. The zero-order valence-corrected chi connectivity index (χ0v) is 13.6. The highest BCUT2D eigenvalue weighted by molar-refractivity contribution is 7.22. The summed E-state index contributed by atoms with van der Waals surface area (Å²) in [6, 6.07) is 14.0. The van der Waals surface area contributed by atoms with Gasteiger partial charge in [0, 0.05) is 5.56 Å². The Morgan fingerprint density at radius 3 is 2.77 bits per heavy atom. The third-order valence-electron chi connectivity index (χ3n) is 3.44. The molecule has 0 saturated heterocycles. The van der Waals surface area contributed by atoms with Crippen LogP contribution in [-0.4, -0.2) is 17.8 Å². The molecule has 0 unspecified atom stereocenters. The molecule has 5 heteroatoms. The number of thiazole rings is 1. The SMILES string of the molecule is COc1ccccc1/C(C)=N\Nc1nc2c(C)cccc2s1. The first-order valence-electron chi connectivity index (χ1n) is 6.99. The normalized spacial score (nSPS) is 11.7. The molecule has 0 spiro atoms. The molecular weight excluding hydrogens is 294 g/mol. The minimum absolute atomic E-state index is 0.790. The Bertz CT molecular complexity index is 839. The van der Waals surface area contributed by atoms with Crippen molar-refractivity contribution in [3.63, 3.8) is 0 Å². The Morgan fingerprint density at radius 1 is 1.18 bits per heavy atom. The summed E-state index contributed by atoms with van der Waals surface area (Å²) in [5, 5.41) is 5.22. The first kappa shape index (κ1) is 14.5. The van der Waals surface area contributed by atoms with Gasteiger partial charge in [-0.05, 0) is 37.6 Å². The molecule has 2 aromatic carbocycles. The minimum atomic E-state index is 0.790. The number of methoxy groups -OCH3 is 1. The number of nitrogens with zero attached hydrogens (tertiary/aromatic N) is 2. The largest absolute Gasteiger partial charge is 0.496 e. The van der Waals surface area contributed by atoms with E-state index in [1.807, 2.05) is 37.3 Å². The van der Waals surface area contributed by atoms with E-state index < -0.39 is 0 Å². The summed E-state index contributed by atoms with van der Waals surface area (Å²) in [6.45, 7) is 4.01. The Kier molecular flexibility index (Phi) is 4.06. The summed E-state index contributed by atoms with van der Waals surface area (Å²) >= 11 is 1.60. The van der Waals surface area contributed by atoms with E-state index in [2.05, 4.69) is 34.6 Å². The van der Waals surface area contributed by atoms with E-state index in [-0.39, 0.29) is 0 Å². The molecule has 0 atom stereocenters. The van der Waals surface area contributed by atoms with Crippen LogP contribution in [0.4, 0.5) is 5.13 Å². The molecule has 0 aliphatic rings. The number of aromatic nitrogens is 1. The number of nitrogens with one attached hydrogen (secondary N) is 1. The molecule has 22 heavy (non-hydrogen) atoms. The number of aryl methyl sites for hydroxylation is 1. The first-order chi connectivity index (χ1) is 10.7. The zero-order chi connectivity index (χ0) is 15.5. The molecule has 1 aromatic heterocycles. The number of rotatable bonds is 4. The second-order valence-electron chi connectivity index (χ2n) is 4.95. The van der Waals surface area contributed by atoms with Crippen molar-refractivity contribution in [3.05, 3.63) is 53.6 Å².